The summed E-state index contributed by atoms with van der Waals surface area (Å²) in [7, 11) is 0. The first-order valence-corrected chi connectivity index (χ1v) is 8.61. The monoisotopic (exact) mass is 355 g/mol. The normalized spacial score (nSPS) is 13.2. The highest BCUT2D eigenvalue weighted by molar-refractivity contribution is 5.83. The van der Waals surface area contributed by atoms with E-state index in [-0.39, 0.29) is 17.9 Å². The van der Waals surface area contributed by atoms with E-state index in [2.05, 4.69) is 41.3 Å². The zero-order valence-corrected chi connectivity index (χ0v) is 15.8. The van der Waals surface area contributed by atoms with Crippen LogP contribution in [0.1, 0.15) is 55.2 Å². The lowest BCUT2D eigenvalue weighted by Crippen LogP contribution is -2.34. The molecule has 0 fully saturated rings. The van der Waals surface area contributed by atoms with E-state index in [1.165, 1.54) is 5.56 Å². The number of oxazole rings is 1. The maximum atomic E-state index is 12.4. The van der Waals surface area contributed by atoms with Gasteiger partial charge in [0.1, 0.15) is 11.6 Å². The number of aromatic nitrogens is 3. The van der Waals surface area contributed by atoms with Crippen LogP contribution >= 0.6 is 0 Å². The number of aromatic amines is 1. The van der Waals surface area contributed by atoms with Crippen molar-refractivity contribution in [3.63, 3.8) is 0 Å². The van der Waals surface area contributed by atoms with Gasteiger partial charge in [-0.1, -0.05) is 26.8 Å². The first-order valence-electron chi connectivity index (χ1n) is 8.61. The number of carbonyl (C=O) groups is 1. The molecular formula is C19H25N5O2. The number of hydrogen-bond acceptors (Lipinski definition) is 5. The first kappa shape index (κ1) is 18.1. The highest BCUT2D eigenvalue weighted by Crippen LogP contribution is 2.26. The number of H-pyrrole nitrogens is 1. The third-order valence-corrected chi connectivity index (χ3v) is 4.49. The number of carbonyl (C=O) groups excluding carboxylic acids is 1. The number of amides is 1. The Morgan fingerprint density at radius 1 is 1.35 bits per heavy atom. The van der Waals surface area contributed by atoms with Crippen LogP contribution in [0, 0.1) is 13.8 Å². The number of nitrogens with zero attached hydrogens (tertiary/aromatic N) is 2. The van der Waals surface area contributed by atoms with Gasteiger partial charge in [-0.15, -0.1) is 0 Å². The first-order chi connectivity index (χ1) is 12.2. The van der Waals surface area contributed by atoms with Gasteiger partial charge in [-0.25, -0.2) is 4.98 Å². The molecule has 0 aliphatic rings. The van der Waals surface area contributed by atoms with Crippen LogP contribution in [0.25, 0.3) is 11.1 Å². The van der Waals surface area contributed by atoms with Crippen LogP contribution in [-0.2, 0) is 16.8 Å². The van der Waals surface area contributed by atoms with Crippen molar-refractivity contribution in [3.05, 3.63) is 46.6 Å². The molecule has 0 spiro atoms. The summed E-state index contributed by atoms with van der Waals surface area (Å²) in [5, 5.41) is 9.70. The fourth-order valence-electron chi connectivity index (χ4n) is 2.94. The van der Waals surface area contributed by atoms with Gasteiger partial charge < -0.3 is 15.5 Å². The Balaban J connectivity index is 1.72. The summed E-state index contributed by atoms with van der Waals surface area (Å²) in [5.74, 6) is 0.155. The van der Waals surface area contributed by atoms with Crippen molar-refractivity contribution >= 4 is 17.0 Å². The molecule has 138 valence electrons. The van der Waals surface area contributed by atoms with Crippen molar-refractivity contribution < 1.29 is 9.21 Å². The smallest absolute Gasteiger partial charge is 0.242 e. The van der Waals surface area contributed by atoms with Crippen molar-refractivity contribution in [2.75, 3.05) is 0 Å². The molecule has 26 heavy (non-hydrogen) atoms. The number of nitrogens with one attached hydrogen (secondary N) is 2. The van der Waals surface area contributed by atoms with Crippen LogP contribution in [0.3, 0.4) is 0 Å². The van der Waals surface area contributed by atoms with Gasteiger partial charge in [-0.05, 0) is 37.0 Å². The molecule has 0 bridgehead atoms. The third kappa shape index (κ3) is 3.48. The van der Waals surface area contributed by atoms with E-state index in [1.54, 1.807) is 0 Å². The molecule has 1 amide bonds. The Hall–Kier alpha value is -2.67. The Kier molecular flexibility index (Phi) is 4.58. The number of nitrogens with two attached hydrogens (primary N) is 1. The van der Waals surface area contributed by atoms with Crippen molar-refractivity contribution in [1.82, 2.24) is 20.5 Å². The summed E-state index contributed by atoms with van der Waals surface area (Å²) in [5.41, 5.74) is 11.0. The lowest BCUT2D eigenvalue weighted by Gasteiger charge is -2.18. The molecule has 1 atom stereocenters. The van der Waals surface area contributed by atoms with Crippen molar-refractivity contribution in [1.29, 1.82) is 0 Å². The van der Waals surface area contributed by atoms with Gasteiger partial charge in [0.05, 0.1) is 12.2 Å². The van der Waals surface area contributed by atoms with Crippen LogP contribution in [0.5, 0.6) is 0 Å². The summed E-state index contributed by atoms with van der Waals surface area (Å²) in [6.45, 7) is 10.3. The molecule has 2 aromatic heterocycles. The highest BCUT2D eigenvalue weighted by Gasteiger charge is 2.22. The Morgan fingerprint density at radius 2 is 2.08 bits per heavy atom. The largest absolute Gasteiger partial charge is 0.439 e. The quantitative estimate of drug-likeness (QED) is 0.666. The zero-order valence-electron chi connectivity index (χ0n) is 15.8. The molecule has 0 aliphatic carbocycles. The second-order valence-corrected chi connectivity index (χ2v) is 7.58. The molecular weight excluding hydrogens is 330 g/mol. The molecule has 0 aliphatic heterocycles. The standard InChI is InChI=1S/C19H25N5O2/c1-10-16(11(2)24-23-10)17(20)18(25)21-9-15-22-13-8-12(19(3,4)5)6-7-14(13)26-15/h6-8,17H,9,20H2,1-5H3,(H,21,25)(H,23,24). The lowest BCUT2D eigenvalue weighted by atomic mass is 9.87. The van der Waals surface area contributed by atoms with E-state index < -0.39 is 6.04 Å². The van der Waals surface area contributed by atoms with Gasteiger partial charge in [-0.3, -0.25) is 9.89 Å². The lowest BCUT2D eigenvalue weighted by molar-refractivity contribution is -0.122. The summed E-state index contributed by atoms with van der Waals surface area (Å²) < 4.78 is 5.72. The van der Waals surface area contributed by atoms with E-state index in [1.807, 2.05) is 32.0 Å². The number of hydrogen-bond donors (Lipinski definition) is 3. The van der Waals surface area contributed by atoms with Crippen LogP contribution < -0.4 is 11.1 Å². The molecule has 0 radical (unpaired) electrons. The Labute approximate surface area is 152 Å². The number of fused-ring (bicyclic) bond motifs is 1. The SMILES string of the molecule is Cc1n[nH]c(C)c1C(N)C(=O)NCc1nc2cc(C(C)(C)C)ccc2o1. The topological polar surface area (TPSA) is 110 Å². The number of aryl methyl sites for hydroxylation is 2. The minimum atomic E-state index is -0.786. The molecule has 7 heteroatoms. The second-order valence-electron chi connectivity index (χ2n) is 7.58. The van der Waals surface area contributed by atoms with Crippen LogP contribution in [-0.4, -0.2) is 21.1 Å². The summed E-state index contributed by atoms with van der Waals surface area (Å²) in [4.78, 5) is 16.8. The van der Waals surface area contributed by atoms with Crippen molar-refractivity contribution in [3.8, 4) is 0 Å². The Morgan fingerprint density at radius 3 is 2.69 bits per heavy atom. The van der Waals surface area contributed by atoms with Gasteiger partial charge in [0.2, 0.25) is 11.8 Å². The van der Waals surface area contributed by atoms with Crippen molar-refractivity contribution in [2.24, 2.45) is 5.73 Å². The predicted molar refractivity (Wildman–Crippen MR) is 99.5 cm³/mol. The maximum Gasteiger partial charge on any atom is 0.242 e. The number of rotatable bonds is 4. The predicted octanol–water partition coefficient (Wildman–Crippen LogP) is 2.78. The van der Waals surface area contributed by atoms with Crippen LogP contribution in [0.15, 0.2) is 22.6 Å². The number of benzene rings is 1. The Bertz CT molecular complexity index is 929. The van der Waals surface area contributed by atoms with Crippen LogP contribution in [0.2, 0.25) is 0 Å². The molecule has 3 aromatic rings. The van der Waals surface area contributed by atoms with Crippen LogP contribution in [0.4, 0.5) is 0 Å². The molecule has 1 aromatic carbocycles. The maximum absolute atomic E-state index is 12.4. The van der Waals surface area contributed by atoms with E-state index >= 15 is 0 Å². The molecule has 4 N–H and O–H groups in total. The molecule has 2 heterocycles. The minimum Gasteiger partial charge on any atom is -0.439 e. The molecule has 7 nitrogen and oxygen atoms in total. The minimum absolute atomic E-state index is 0.0363. The highest BCUT2D eigenvalue weighted by atomic mass is 16.3. The molecule has 0 saturated heterocycles. The van der Waals surface area contributed by atoms with E-state index in [0.717, 1.165) is 22.5 Å². The van der Waals surface area contributed by atoms with E-state index in [4.69, 9.17) is 10.2 Å². The molecule has 3 rings (SSSR count). The van der Waals surface area contributed by atoms with E-state index in [0.29, 0.717) is 11.5 Å². The van der Waals surface area contributed by atoms with Gasteiger partial charge in [0.15, 0.2) is 5.58 Å². The van der Waals surface area contributed by atoms with Crippen molar-refractivity contribution in [2.45, 2.75) is 52.6 Å². The second kappa shape index (κ2) is 6.57. The van der Waals surface area contributed by atoms with Gasteiger partial charge >= 0.3 is 0 Å². The van der Waals surface area contributed by atoms with Gasteiger partial charge in [0.25, 0.3) is 0 Å². The third-order valence-electron chi connectivity index (χ3n) is 4.49. The fourth-order valence-corrected chi connectivity index (χ4v) is 2.94. The molecule has 1 unspecified atom stereocenters. The summed E-state index contributed by atoms with van der Waals surface area (Å²) >= 11 is 0. The average molecular weight is 355 g/mol. The van der Waals surface area contributed by atoms with Gasteiger partial charge in [0, 0.05) is 11.3 Å². The van der Waals surface area contributed by atoms with E-state index in [9.17, 15) is 4.79 Å². The fraction of sp³-hybridized carbons (Fsp3) is 0.421. The summed E-state index contributed by atoms with van der Waals surface area (Å²) in [6, 6.07) is 5.19. The average Bonchev–Trinajstić information content (AvgIpc) is 3.13. The molecule has 0 saturated carbocycles. The zero-order chi connectivity index (χ0) is 19.1. The summed E-state index contributed by atoms with van der Waals surface area (Å²) in [6.07, 6.45) is 0. The van der Waals surface area contributed by atoms with Gasteiger partial charge in [-0.2, -0.15) is 5.10 Å².